The summed E-state index contributed by atoms with van der Waals surface area (Å²) >= 11 is 0. The Balaban J connectivity index is 2.18. The Kier molecular flexibility index (Phi) is 4.71. The predicted octanol–water partition coefficient (Wildman–Crippen LogP) is 0.633. The van der Waals surface area contributed by atoms with Crippen LogP contribution in [0.25, 0.3) is 0 Å². The average Bonchev–Trinajstić information content (AvgIpc) is 2.18. The molecule has 0 aliphatic carbocycles. The summed E-state index contributed by atoms with van der Waals surface area (Å²) < 4.78 is 0. The number of nitrogens with one attached hydrogen (secondary N) is 1. The number of rotatable bonds is 6. The second kappa shape index (κ2) is 6.15. The molecule has 0 saturated carbocycles. The van der Waals surface area contributed by atoms with Gasteiger partial charge in [-0.05, 0) is 19.3 Å². The Morgan fingerprint density at radius 3 is 2.86 bits per heavy atom. The molecule has 1 aromatic rings. The molecular formula is C9H16N4O. The van der Waals surface area contributed by atoms with Crippen molar-refractivity contribution in [3.05, 3.63) is 12.4 Å². The van der Waals surface area contributed by atoms with Crippen molar-refractivity contribution in [3.63, 3.8) is 0 Å². The molecule has 0 atom stereocenters. The monoisotopic (exact) mass is 196 g/mol. The molecule has 0 amide bonds. The van der Waals surface area contributed by atoms with E-state index in [0.29, 0.717) is 11.6 Å². The minimum Gasteiger partial charge on any atom is -0.396 e. The van der Waals surface area contributed by atoms with Gasteiger partial charge >= 0.3 is 0 Å². The first-order valence-corrected chi connectivity index (χ1v) is 4.75. The van der Waals surface area contributed by atoms with Crippen LogP contribution in [0.1, 0.15) is 19.3 Å². The van der Waals surface area contributed by atoms with Gasteiger partial charge in [0.05, 0.1) is 12.4 Å². The van der Waals surface area contributed by atoms with Gasteiger partial charge in [-0.2, -0.15) is 0 Å². The predicted molar refractivity (Wildman–Crippen MR) is 55.9 cm³/mol. The van der Waals surface area contributed by atoms with Gasteiger partial charge in [0.15, 0.2) is 0 Å². The Morgan fingerprint density at radius 1 is 1.29 bits per heavy atom. The highest BCUT2D eigenvalue weighted by Crippen LogP contribution is 2.03. The maximum Gasteiger partial charge on any atom is 0.146 e. The van der Waals surface area contributed by atoms with E-state index in [1.807, 2.05) is 0 Å². The van der Waals surface area contributed by atoms with Crippen molar-refractivity contribution >= 4 is 11.6 Å². The lowest BCUT2D eigenvalue weighted by Crippen LogP contribution is -2.05. The summed E-state index contributed by atoms with van der Waals surface area (Å²) in [6, 6.07) is 0. The molecule has 0 aliphatic rings. The van der Waals surface area contributed by atoms with E-state index in [4.69, 9.17) is 10.8 Å². The van der Waals surface area contributed by atoms with E-state index >= 15 is 0 Å². The topological polar surface area (TPSA) is 84.1 Å². The molecule has 0 aliphatic heterocycles. The number of aliphatic hydroxyl groups excluding tert-OH is 1. The van der Waals surface area contributed by atoms with Crippen molar-refractivity contribution in [2.24, 2.45) is 0 Å². The minimum atomic E-state index is 0.262. The van der Waals surface area contributed by atoms with Crippen molar-refractivity contribution in [2.45, 2.75) is 19.3 Å². The first kappa shape index (κ1) is 10.7. The maximum atomic E-state index is 8.56. The molecule has 5 heteroatoms. The Bertz CT molecular complexity index is 267. The van der Waals surface area contributed by atoms with E-state index in [-0.39, 0.29) is 6.61 Å². The molecule has 14 heavy (non-hydrogen) atoms. The molecule has 0 radical (unpaired) electrons. The minimum absolute atomic E-state index is 0.262. The molecule has 78 valence electrons. The van der Waals surface area contributed by atoms with Crippen LogP contribution in [-0.2, 0) is 0 Å². The number of nitrogens with two attached hydrogens (primary N) is 1. The highest BCUT2D eigenvalue weighted by atomic mass is 16.2. The van der Waals surface area contributed by atoms with Crippen LogP contribution in [0.4, 0.5) is 11.6 Å². The quantitative estimate of drug-likeness (QED) is 0.581. The van der Waals surface area contributed by atoms with E-state index in [2.05, 4.69) is 15.3 Å². The Morgan fingerprint density at radius 2 is 2.14 bits per heavy atom. The summed E-state index contributed by atoms with van der Waals surface area (Å²) in [7, 11) is 0. The third-order valence-corrected chi connectivity index (χ3v) is 1.79. The molecule has 0 bridgehead atoms. The van der Waals surface area contributed by atoms with Gasteiger partial charge in [0, 0.05) is 13.2 Å². The van der Waals surface area contributed by atoms with E-state index < -0.39 is 0 Å². The van der Waals surface area contributed by atoms with E-state index in [1.165, 1.54) is 6.20 Å². The third kappa shape index (κ3) is 4.04. The van der Waals surface area contributed by atoms with Gasteiger partial charge in [-0.1, -0.05) is 0 Å². The summed E-state index contributed by atoms with van der Waals surface area (Å²) in [4.78, 5) is 7.96. The van der Waals surface area contributed by atoms with Crippen molar-refractivity contribution in [1.82, 2.24) is 9.97 Å². The van der Waals surface area contributed by atoms with E-state index in [0.717, 1.165) is 25.8 Å². The van der Waals surface area contributed by atoms with Gasteiger partial charge in [-0.15, -0.1) is 0 Å². The highest BCUT2D eigenvalue weighted by Gasteiger charge is 1.94. The molecular weight excluding hydrogens is 180 g/mol. The smallest absolute Gasteiger partial charge is 0.146 e. The summed E-state index contributed by atoms with van der Waals surface area (Å²) in [5.41, 5.74) is 5.46. The number of aromatic nitrogens is 2. The van der Waals surface area contributed by atoms with Crippen LogP contribution < -0.4 is 11.1 Å². The molecule has 0 spiro atoms. The largest absolute Gasteiger partial charge is 0.396 e. The lowest BCUT2D eigenvalue weighted by atomic mass is 10.2. The maximum absolute atomic E-state index is 8.56. The van der Waals surface area contributed by atoms with Crippen molar-refractivity contribution < 1.29 is 5.11 Å². The molecule has 4 N–H and O–H groups in total. The molecule has 1 aromatic heterocycles. The van der Waals surface area contributed by atoms with Gasteiger partial charge in [0.2, 0.25) is 0 Å². The zero-order valence-electron chi connectivity index (χ0n) is 8.11. The summed E-state index contributed by atoms with van der Waals surface area (Å²) in [5, 5.41) is 11.7. The number of nitrogens with zero attached hydrogens (tertiary/aromatic N) is 2. The van der Waals surface area contributed by atoms with Crippen LogP contribution in [0.3, 0.4) is 0 Å². The number of hydrogen-bond acceptors (Lipinski definition) is 5. The molecule has 0 saturated heterocycles. The summed E-state index contributed by atoms with van der Waals surface area (Å²) in [5.74, 6) is 1.12. The third-order valence-electron chi connectivity index (χ3n) is 1.79. The summed E-state index contributed by atoms with van der Waals surface area (Å²) in [6.07, 6.45) is 6.03. The average molecular weight is 196 g/mol. The first-order valence-electron chi connectivity index (χ1n) is 4.75. The highest BCUT2D eigenvalue weighted by molar-refractivity contribution is 5.37. The second-order valence-corrected chi connectivity index (χ2v) is 3.04. The van der Waals surface area contributed by atoms with Crippen molar-refractivity contribution in [3.8, 4) is 0 Å². The lowest BCUT2D eigenvalue weighted by molar-refractivity contribution is 0.283. The molecule has 1 heterocycles. The molecule has 0 fully saturated rings. The molecule has 1 rings (SSSR count). The van der Waals surface area contributed by atoms with Crippen molar-refractivity contribution in [1.29, 1.82) is 0 Å². The number of anilines is 2. The molecule has 5 nitrogen and oxygen atoms in total. The number of nitrogen functional groups attached to an aromatic ring is 1. The number of unbranched alkanes of at least 4 members (excludes halogenated alkanes) is 2. The second-order valence-electron chi connectivity index (χ2n) is 3.04. The van der Waals surface area contributed by atoms with Crippen LogP contribution in [0, 0.1) is 0 Å². The number of hydrogen-bond donors (Lipinski definition) is 3. The van der Waals surface area contributed by atoms with Crippen LogP contribution in [0.15, 0.2) is 12.4 Å². The fourth-order valence-electron chi connectivity index (χ4n) is 1.10. The Labute approximate surface area is 83.4 Å². The Hall–Kier alpha value is -1.36. The zero-order chi connectivity index (χ0) is 10.2. The van der Waals surface area contributed by atoms with Crippen LogP contribution >= 0.6 is 0 Å². The first-order chi connectivity index (χ1) is 6.83. The van der Waals surface area contributed by atoms with Crippen LogP contribution in [0.2, 0.25) is 0 Å². The van der Waals surface area contributed by atoms with Gasteiger partial charge in [0.1, 0.15) is 11.6 Å². The SMILES string of the molecule is Nc1cncc(NCCCCCO)n1. The number of aliphatic hydroxyl groups is 1. The van der Waals surface area contributed by atoms with Crippen LogP contribution in [0.5, 0.6) is 0 Å². The van der Waals surface area contributed by atoms with Gasteiger partial charge in [0.25, 0.3) is 0 Å². The lowest BCUT2D eigenvalue weighted by Gasteiger charge is -2.04. The summed E-state index contributed by atoms with van der Waals surface area (Å²) in [6.45, 7) is 1.09. The zero-order valence-corrected chi connectivity index (χ0v) is 8.11. The normalized spacial score (nSPS) is 10.1. The van der Waals surface area contributed by atoms with E-state index in [1.54, 1.807) is 6.20 Å². The van der Waals surface area contributed by atoms with E-state index in [9.17, 15) is 0 Å². The molecule has 0 unspecified atom stereocenters. The standard InChI is InChI=1S/C9H16N4O/c10-8-6-11-7-9(13-8)12-4-2-1-3-5-14/h6-7,14H,1-5H2,(H3,10,12,13). The van der Waals surface area contributed by atoms with Crippen molar-refractivity contribution in [2.75, 3.05) is 24.2 Å². The van der Waals surface area contributed by atoms with Gasteiger partial charge in [-0.25, -0.2) is 4.98 Å². The van der Waals surface area contributed by atoms with Gasteiger partial charge < -0.3 is 16.2 Å². The fraction of sp³-hybridized carbons (Fsp3) is 0.556. The molecule has 0 aromatic carbocycles. The van der Waals surface area contributed by atoms with Crippen LogP contribution in [-0.4, -0.2) is 28.2 Å². The van der Waals surface area contributed by atoms with Gasteiger partial charge in [-0.3, -0.25) is 4.98 Å². The fourth-order valence-corrected chi connectivity index (χ4v) is 1.10.